The summed E-state index contributed by atoms with van der Waals surface area (Å²) in [7, 11) is 0. The van der Waals surface area contributed by atoms with E-state index in [0.717, 1.165) is 29.3 Å². The highest BCUT2D eigenvalue weighted by Gasteiger charge is 2.31. The molecular weight excluding hydrogens is 296 g/mol. The zero-order valence-corrected chi connectivity index (χ0v) is 13.7. The van der Waals surface area contributed by atoms with Gasteiger partial charge in [0.2, 0.25) is 5.91 Å². The third-order valence-electron chi connectivity index (χ3n) is 3.68. The van der Waals surface area contributed by atoms with E-state index in [9.17, 15) is 4.79 Å². The minimum absolute atomic E-state index is 0.132. The maximum Gasteiger partial charge on any atom is 0.220 e. The molecule has 0 unspecified atom stereocenters. The van der Waals surface area contributed by atoms with Gasteiger partial charge in [0.05, 0.1) is 12.2 Å². The van der Waals surface area contributed by atoms with Gasteiger partial charge < -0.3 is 9.64 Å². The first-order valence-electron chi connectivity index (χ1n) is 7.52. The fourth-order valence-electron chi connectivity index (χ4n) is 2.40. The number of amides is 1. The first kappa shape index (κ1) is 15.0. The van der Waals surface area contributed by atoms with Gasteiger partial charge in [-0.3, -0.25) is 4.79 Å². The molecule has 1 aromatic heterocycles. The second kappa shape index (κ2) is 6.48. The summed E-state index contributed by atoms with van der Waals surface area (Å²) in [5.74, 6) is 0.994. The average Bonchev–Trinajstić information content (AvgIpc) is 3.22. The van der Waals surface area contributed by atoms with Crippen LogP contribution in [0.1, 0.15) is 36.0 Å². The number of benzene rings is 1. The lowest BCUT2D eigenvalue weighted by atomic mass is 10.2. The molecular formula is C17H20N2O2S. The molecule has 3 rings (SSSR count). The first-order chi connectivity index (χ1) is 10.6. The Labute approximate surface area is 134 Å². The Morgan fingerprint density at radius 3 is 2.95 bits per heavy atom. The van der Waals surface area contributed by atoms with Crippen molar-refractivity contribution in [1.82, 2.24) is 9.88 Å². The largest absolute Gasteiger partial charge is 0.486 e. The molecule has 1 aliphatic carbocycles. The highest BCUT2D eigenvalue weighted by Crippen LogP contribution is 2.28. The number of nitrogens with zero attached hydrogens (tertiary/aromatic N) is 2. The van der Waals surface area contributed by atoms with Gasteiger partial charge in [-0.1, -0.05) is 12.1 Å². The topological polar surface area (TPSA) is 42.4 Å². The van der Waals surface area contributed by atoms with Crippen molar-refractivity contribution in [2.45, 2.75) is 45.9 Å². The molecule has 0 saturated heterocycles. The van der Waals surface area contributed by atoms with Crippen molar-refractivity contribution in [3.63, 3.8) is 0 Å². The van der Waals surface area contributed by atoms with Crippen molar-refractivity contribution in [3.8, 4) is 5.75 Å². The maximum atomic E-state index is 11.7. The van der Waals surface area contributed by atoms with E-state index in [0.29, 0.717) is 19.2 Å². The van der Waals surface area contributed by atoms with E-state index in [1.165, 1.54) is 5.56 Å². The number of carbonyl (C=O) groups is 1. The summed E-state index contributed by atoms with van der Waals surface area (Å²) in [4.78, 5) is 18.2. The Morgan fingerprint density at radius 2 is 2.27 bits per heavy atom. The smallest absolute Gasteiger partial charge is 0.220 e. The SMILES string of the molecule is CC(=O)N(Cc1csc(COc2cccc(C)c2)n1)C1CC1. The Hall–Kier alpha value is -1.88. The molecule has 116 valence electrons. The summed E-state index contributed by atoms with van der Waals surface area (Å²) < 4.78 is 5.77. The van der Waals surface area contributed by atoms with E-state index in [-0.39, 0.29) is 5.91 Å². The number of hydrogen-bond donors (Lipinski definition) is 0. The van der Waals surface area contributed by atoms with Crippen LogP contribution in [0.5, 0.6) is 5.75 Å². The Balaban J connectivity index is 1.58. The van der Waals surface area contributed by atoms with E-state index in [1.807, 2.05) is 41.5 Å². The van der Waals surface area contributed by atoms with Crippen molar-refractivity contribution in [3.05, 3.63) is 45.9 Å². The molecule has 0 bridgehead atoms. The van der Waals surface area contributed by atoms with Gasteiger partial charge in [0, 0.05) is 18.3 Å². The number of aryl methyl sites for hydroxylation is 1. The standard InChI is InChI=1S/C17H20N2O2S/c1-12-4-3-5-16(8-12)21-10-17-18-14(11-22-17)9-19(13(2)20)15-6-7-15/h3-5,8,11,15H,6-7,9-10H2,1-2H3. The number of thiazole rings is 1. The molecule has 22 heavy (non-hydrogen) atoms. The fraction of sp³-hybridized carbons (Fsp3) is 0.412. The minimum Gasteiger partial charge on any atom is -0.486 e. The van der Waals surface area contributed by atoms with E-state index in [1.54, 1.807) is 18.3 Å². The van der Waals surface area contributed by atoms with Crippen LogP contribution in [-0.4, -0.2) is 21.8 Å². The lowest BCUT2D eigenvalue weighted by Crippen LogP contribution is -2.30. The molecule has 4 nitrogen and oxygen atoms in total. The zero-order valence-electron chi connectivity index (χ0n) is 12.9. The first-order valence-corrected chi connectivity index (χ1v) is 8.40. The van der Waals surface area contributed by atoms with Gasteiger partial charge in [-0.05, 0) is 37.5 Å². The lowest BCUT2D eigenvalue weighted by molar-refractivity contribution is -0.130. The molecule has 1 aromatic carbocycles. The van der Waals surface area contributed by atoms with Crippen LogP contribution in [0.15, 0.2) is 29.6 Å². The number of aromatic nitrogens is 1. The quantitative estimate of drug-likeness (QED) is 0.818. The van der Waals surface area contributed by atoms with Gasteiger partial charge in [-0.15, -0.1) is 11.3 Å². The van der Waals surface area contributed by atoms with Crippen LogP contribution in [0, 0.1) is 6.92 Å². The summed E-state index contributed by atoms with van der Waals surface area (Å²) in [6.45, 7) is 4.76. The van der Waals surface area contributed by atoms with Crippen LogP contribution < -0.4 is 4.74 Å². The third-order valence-corrected chi connectivity index (χ3v) is 4.55. The molecule has 1 saturated carbocycles. The highest BCUT2D eigenvalue weighted by atomic mass is 32.1. The van der Waals surface area contributed by atoms with Crippen LogP contribution >= 0.6 is 11.3 Å². The lowest BCUT2D eigenvalue weighted by Gasteiger charge is -2.19. The molecule has 1 fully saturated rings. The van der Waals surface area contributed by atoms with E-state index >= 15 is 0 Å². The number of carbonyl (C=O) groups excluding carboxylic acids is 1. The van der Waals surface area contributed by atoms with E-state index in [4.69, 9.17) is 4.74 Å². The predicted molar refractivity (Wildman–Crippen MR) is 86.9 cm³/mol. The van der Waals surface area contributed by atoms with Gasteiger partial charge in [-0.2, -0.15) is 0 Å². The van der Waals surface area contributed by atoms with Crippen LogP contribution in [-0.2, 0) is 17.9 Å². The van der Waals surface area contributed by atoms with E-state index in [2.05, 4.69) is 4.98 Å². The second-order valence-corrected chi connectivity index (χ2v) is 6.66. The summed E-state index contributed by atoms with van der Waals surface area (Å²) in [5.41, 5.74) is 2.13. The molecule has 1 heterocycles. The van der Waals surface area contributed by atoms with Gasteiger partial charge in [-0.25, -0.2) is 4.98 Å². The number of ether oxygens (including phenoxy) is 1. The number of hydrogen-bond acceptors (Lipinski definition) is 4. The monoisotopic (exact) mass is 316 g/mol. The Bertz CT molecular complexity index is 664. The normalized spacial score (nSPS) is 13.9. The third kappa shape index (κ3) is 3.85. The van der Waals surface area contributed by atoms with Crippen molar-refractivity contribution in [1.29, 1.82) is 0 Å². The molecule has 0 atom stereocenters. The molecule has 5 heteroatoms. The fourth-order valence-corrected chi connectivity index (χ4v) is 3.09. The van der Waals surface area contributed by atoms with Gasteiger partial charge in [0.1, 0.15) is 17.4 Å². The van der Waals surface area contributed by atoms with Gasteiger partial charge >= 0.3 is 0 Å². The van der Waals surface area contributed by atoms with Crippen LogP contribution in [0.4, 0.5) is 0 Å². The van der Waals surface area contributed by atoms with Crippen molar-refractivity contribution < 1.29 is 9.53 Å². The van der Waals surface area contributed by atoms with Crippen LogP contribution in [0.2, 0.25) is 0 Å². The zero-order chi connectivity index (χ0) is 15.5. The average molecular weight is 316 g/mol. The van der Waals surface area contributed by atoms with Crippen LogP contribution in [0.25, 0.3) is 0 Å². The second-order valence-electron chi connectivity index (χ2n) is 5.72. The molecule has 0 aliphatic heterocycles. The summed E-state index contributed by atoms with van der Waals surface area (Å²) in [6, 6.07) is 8.41. The summed E-state index contributed by atoms with van der Waals surface area (Å²) in [6.07, 6.45) is 2.24. The number of rotatable bonds is 6. The predicted octanol–water partition coefficient (Wildman–Crippen LogP) is 3.54. The van der Waals surface area contributed by atoms with Crippen molar-refractivity contribution >= 4 is 17.2 Å². The molecule has 0 N–H and O–H groups in total. The van der Waals surface area contributed by atoms with Gasteiger partial charge in [0.25, 0.3) is 0 Å². The molecule has 0 spiro atoms. The Morgan fingerprint density at radius 1 is 1.45 bits per heavy atom. The molecule has 1 aliphatic rings. The van der Waals surface area contributed by atoms with Crippen molar-refractivity contribution in [2.24, 2.45) is 0 Å². The van der Waals surface area contributed by atoms with Crippen LogP contribution in [0.3, 0.4) is 0 Å². The molecule has 2 aromatic rings. The Kier molecular flexibility index (Phi) is 4.43. The summed E-state index contributed by atoms with van der Waals surface area (Å²) in [5, 5.41) is 2.96. The van der Waals surface area contributed by atoms with Gasteiger partial charge in [0.15, 0.2) is 0 Å². The minimum atomic E-state index is 0.132. The maximum absolute atomic E-state index is 11.7. The van der Waals surface area contributed by atoms with Crippen molar-refractivity contribution in [2.75, 3.05) is 0 Å². The highest BCUT2D eigenvalue weighted by molar-refractivity contribution is 7.09. The molecule has 0 radical (unpaired) electrons. The summed E-state index contributed by atoms with van der Waals surface area (Å²) >= 11 is 1.58. The van der Waals surface area contributed by atoms with E-state index < -0.39 is 0 Å². The molecule has 1 amide bonds.